The lowest BCUT2D eigenvalue weighted by atomic mass is 9.96. The van der Waals surface area contributed by atoms with Gasteiger partial charge in [0.15, 0.2) is 6.20 Å². The van der Waals surface area contributed by atoms with Crippen molar-refractivity contribution in [2.24, 2.45) is 13.0 Å². The van der Waals surface area contributed by atoms with Gasteiger partial charge in [-0.15, -0.1) is 0 Å². The van der Waals surface area contributed by atoms with Crippen LogP contribution in [0.3, 0.4) is 0 Å². The molecule has 1 aromatic heterocycles. The maximum absolute atomic E-state index is 2.32. The number of hydrogen-bond donors (Lipinski definition) is 0. The quantitative estimate of drug-likeness (QED) is 0.608. The van der Waals surface area contributed by atoms with Gasteiger partial charge in [0.05, 0.1) is 0 Å². The predicted octanol–water partition coefficient (Wildman–Crippen LogP) is 4.84. The summed E-state index contributed by atoms with van der Waals surface area (Å²) >= 11 is 0. The molecule has 0 saturated heterocycles. The number of pyridine rings is 1. The summed E-state index contributed by atoms with van der Waals surface area (Å²) in [6, 6.07) is 17.6. The summed E-state index contributed by atoms with van der Waals surface area (Å²) in [5.41, 5.74) is 5.34. The Morgan fingerprint density at radius 2 is 1.77 bits per heavy atom. The van der Waals surface area contributed by atoms with E-state index < -0.39 is 0 Å². The maximum Gasteiger partial charge on any atom is 0.213 e. The summed E-state index contributed by atoms with van der Waals surface area (Å²) < 4.78 is 2.26. The van der Waals surface area contributed by atoms with Gasteiger partial charge in [0, 0.05) is 17.0 Å². The fraction of sp³-hybridized carbons (Fsp3) is 0.286. The zero-order valence-electron chi connectivity index (χ0n) is 13.9. The van der Waals surface area contributed by atoms with E-state index in [1.165, 1.54) is 33.2 Å². The third-order valence-electron chi connectivity index (χ3n) is 4.27. The van der Waals surface area contributed by atoms with E-state index >= 15 is 0 Å². The first-order valence-corrected chi connectivity index (χ1v) is 8.03. The number of nitrogens with zero attached hydrogens (tertiary/aromatic N) is 1. The molecule has 0 radical (unpaired) electrons. The lowest BCUT2D eigenvalue weighted by Crippen LogP contribution is -2.30. The van der Waals surface area contributed by atoms with Crippen LogP contribution in [0.25, 0.3) is 22.0 Å². The third kappa shape index (κ3) is 2.76. The van der Waals surface area contributed by atoms with E-state index in [1.807, 2.05) is 0 Å². The zero-order valence-corrected chi connectivity index (χ0v) is 13.9. The second-order valence-electron chi connectivity index (χ2n) is 6.60. The average molecular weight is 290 g/mol. The molecule has 0 N–H and O–H groups in total. The van der Waals surface area contributed by atoms with E-state index in [0.29, 0.717) is 5.92 Å². The number of aromatic nitrogens is 1. The monoisotopic (exact) mass is 290 g/mol. The molecule has 112 valence electrons. The topological polar surface area (TPSA) is 3.88 Å². The summed E-state index contributed by atoms with van der Waals surface area (Å²) in [5, 5.41) is 2.70. The fourth-order valence-electron chi connectivity index (χ4n) is 3.17. The van der Waals surface area contributed by atoms with Gasteiger partial charge in [0.25, 0.3) is 0 Å². The highest BCUT2D eigenvalue weighted by molar-refractivity contribution is 5.87. The van der Waals surface area contributed by atoms with Gasteiger partial charge in [-0.2, -0.15) is 0 Å². The van der Waals surface area contributed by atoms with Gasteiger partial charge in [-0.1, -0.05) is 50.2 Å². The summed E-state index contributed by atoms with van der Waals surface area (Å²) in [5.74, 6) is 0.673. The van der Waals surface area contributed by atoms with Crippen LogP contribution in [0.4, 0.5) is 0 Å². The van der Waals surface area contributed by atoms with Crippen molar-refractivity contribution >= 4 is 10.8 Å². The lowest BCUT2D eigenvalue weighted by molar-refractivity contribution is -0.659. The number of rotatable bonds is 3. The van der Waals surface area contributed by atoms with Crippen molar-refractivity contribution in [3.8, 4) is 11.3 Å². The Morgan fingerprint density at radius 1 is 1.00 bits per heavy atom. The lowest BCUT2D eigenvalue weighted by Gasteiger charge is -2.10. The van der Waals surface area contributed by atoms with Gasteiger partial charge in [-0.25, -0.2) is 4.57 Å². The third-order valence-corrected chi connectivity index (χ3v) is 4.27. The highest BCUT2D eigenvalue weighted by atomic mass is 14.9. The van der Waals surface area contributed by atoms with Crippen molar-refractivity contribution in [2.75, 3.05) is 0 Å². The van der Waals surface area contributed by atoms with Crippen LogP contribution in [-0.2, 0) is 13.5 Å². The van der Waals surface area contributed by atoms with Gasteiger partial charge >= 0.3 is 0 Å². The molecule has 0 aliphatic rings. The predicted molar refractivity (Wildman–Crippen MR) is 93.8 cm³/mol. The Kier molecular flexibility index (Phi) is 3.98. The van der Waals surface area contributed by atoms with Crippen LogP contribution in [0.5, 0.6) is 0 Å². The molecule has 1 heteroatoms. The van der Waals surface area contributed by atoms with Gasteiger partial charge in [0.2, 0.25) is 5.69 Å². The highest BCUT2D eigenvalue weighted by Crippen LogP contribution is 2.26. The molecule has 0 aliphatic heterocycles. The van der Waals surface area contributed by atoms with E-state index in [4.69, 9.17) is 0 Å². The number of aryl methyl sites for hydroxylation is 2. The molecule has 0 spiro atoms. The van der Waals surface area contributed by atoms with Crippen LogP contribution in [0, 0.1) is 12.8 Å². The SMILES string of the molecule is Cc1ccccc1-c1cc2cccc(CC(C)C)c2c[n+]1C. The van der Waals surface area contributed by atoms with Crippen molar-refractivity contribution in [1.82, 2.24) is 0 Å². The molecule has 0 bridgehead atoms. The number of benzene rings is 2. The van der Waals surface area contributed by atoms with E-state index in [9.17, 15) is 0 Å². The molecule has 0 atom stereocenters. The molecule has 0 saturated carbocycles. The molecular formula is C21H24N+. The van der Waals surface area contributed by atoms with E-state index in [0.717, 1.165) is 6.42 Å². The molecular weight excluding hydrogens is 266 g/mol. The Labute approximate surface area is 133 Å². The first-order valence-electron chi connectivity index (χ1n) is 8.03. The molecule has 0 fully saturated rings. The minimum Gasteiger partial charge on any atom is -0.200 e. The molecule has 1 nitrogen and oxygen atoms in total. The maximum atomic E-state index is 2.32. The second kappa shape index (κ2) is 5.92. The molecule has 3 aromatic rings. The molecule has 3 rings (SSSR count). The Bertz CT molecular complexity index is 815. The fourth-order valence-corrected chi connectivity index (χ4v) is 3.17. The van der Waals surface area contributed by atoms with Crippen LogP contribution in [-0.4, -0.2) is 0 Å². The van der Waals surface area contributed by atoms with E-state index in [-0.39, 0.29) is 0 Å². The van der Waals surface area contributed by atoms with Crippen molar-refractivity contribution in [1.29, 1.82) is 0 Å². The standard InChI is InChI=1S/C21H24N/c1-15(2)12-17-9-7-10-18-13-21(22(4)14-20(17)18)19-11-6-5-8-16(19)3/h5-11,13-15H,12H2,1-4H3/q+1. The first-order chi connectivity index (χ1) is 10.6. The summed E-state index contributed by atoms with van der Waals surface area (Å²) in [6.07, 6.45) is 3.41. The van der Waals surface area contributed by atoms with Crippen LogP contribution in [0.15, 0.2) is 54.7 Å². The molecule has 1 heterocycles. The summed E-state index contributed by atoms with van der Waals surface area (Å²) in [6.45, 7) is 6.73. The smallest absolute Gasteiger partial charge is 0.200 e. The Morgan fingerprint density at radius 3 is 2.50 bits per heavy atom. The molecule has 0 aliphatic carbocycles. The highest BCUT2D eigenvalue weighted by Gasteiger charge is 2.15. The van der Waals surface area contributed by atoms with E-state index in [2.05, 4.69) is 87.1 Å². The van der Waals surface area contributed by atoms with Crippen molar-refractivity contribution < 1.29 is 4.57 Å². The van der Waals surface area contributed by atoms with Gasteiger partial charge in [-0.3, -0.25) is 0 Å². The van der Waals surface area contributed by atoms with Crippen molar-refractivity contribution in [2.45, 2.75) is 27.2 Å². The zero-order chi connectivity index (χ0) is 15.7. The van der Waals surface area contributed by atoms with Gasteiger partial charge < -0.3 is 0 Å². The molecule has 0 unspecified atom stereocenters. The summed E-state index contributed by atoms with van der Waals surface area (Å²) in [7, 11) is 2.15. The average Bonchev–Trinajstić information content (AvgIpc) is 2.48. The molecule has 2 aromatic carbocycles. The van der Waals surface area contributed by atoms with Crippen molar-refractivity contribution in [3.63, 3.8) is 0 Å². The van der Waals surface area contributed by atoms with Gasteiger partial charge in [0.1, 0.15) is 7.05 Å². The normalized spacial score (nSPS) is 11.3. The van der Waals surface area contributed by atoms with Crippen LogP contribution < -0.4 is 4.57 Å². The first kappa shape index (κ1) is 14.8. The number of hydrogen-bond acceptors (Lipinski definition) is 0. The van der Waals surface area contributed by atoms with Gasteiger partial charge in [-0.05, 0) is 41.8 Å². The van der Waals surface area contributed by atoms with Crippen LogP contribution in [0.1, 0.15) is 25.0 Å². The Balaban J connectivity index is 2.20. The molecule has 0 amide bonds. The largest absolute Gasteiger partial charge is 0.213 e. The molecule has 22 heavy (non-hydrogen) atoms. The van der Waals surface area contributed by atoms with Crippen LogP contribution >= 0.6 is 0 Å². The minimum absolute atomic E-state index is 0.673. The minimum atomic E-state index is 0.673. The second-order valence-corrected chi connectivity index (χ2v) is 6.60. The van der Waals surface area contributed by atoms with Crippen LogP contribution in [0.2, 0.25) is 0 Å². The summed E-state index contributed by atoms with van der Waals surface area (Å²) in [4.78, 5) is 0. The Hall–Kier alpha value is -2.15. The number of fused-ring (bicyclic) bond motifs is 1. The van der Waals surface area contributed by atoms with E-state index in [1.54, 1.807) is 0 Å². The van der Waals surface area contributed by atoms with Crippen molar-refractivity contribution in [3.05, 3.63) is 65.9 Å².